The molecule has 0 spiro atoms. The summed E-state index contributed by atoms with van der Waals surface area (Å²) >= 11 is 0. The standard InChI is InChI=1S/C5H11N.H3O3P/c1-2-4-6-5-3-1;1-4(2)3/h6H,1-5H2;4H,(H2,1,2,3). The van der Waals surface area contributed by atoms with Crippen LogP contribution in [-0.2, 0) is 4.57 Å². The lowest BCUT2D eigenvalue weighted by atomic mass is 10.2. The lowest BCUT2D eigenvalue weighted by Gasteiger charge is -2.08. The van der Waals surface area contributed by atoms with Crippen LogP contribution >= 0.6 is 8.25 Å². The minimum Gasteiger partial charge on any atom is -0.326 e. The SMILES string of the molecule is C1CCNCC1.O=[PH](O)O. The molecule has 0 atom stereocenters. The minimum atomic E-state index is -3.13. The zero-order chi connectivity index (χ0) is 7.82. The smallest absolute Gasteiger partial charge is 0.314 e. The lowest BCUT2D eigenvalue weighted by Crippen LogP contribution is -2.21. The molecule has 1 rings (SSSR count). The first-order valence-corrected chi connectivity index (χ1v) is 4.66. The molecule has 1 aliphatic heterocycles. The summed E-state index contributed by atoms with van der Waals surface area (Å²) < 4.78 is 8.74. The third kappa shape index (κ3) is 11.0. The van der Waals surface area contributed by atoms with E-state index < -0.39 is 8.25 Å². The molecule has 0 aromatic heterocycles. The molecular weight excluding hydrogens is 153 g/mol. The first-order chi connectivity index (χ1) is 4.73. The third-order valence-electron chi connectivity index (χ3n) is 1.21. The third-order valence-corrected chi connectivity index (χ3v) is 1.21. The molecule has 0 unspecified atom stereocenters. The summed E-state index contributed by atoms with van der Waals surface area (Å²) in [5.41, 5.74) is 0. The second-order valence-corrected chi connectivity index (χ2v) is 2.66. The molecule has 3 N–H and O–H groups in total. The van der Waals surface area contributed by atoms with Crippen molar-refractivity contribution < 1.29 is 14.4 Å². The van der Waals surface area contributed by atoms with Crippen molar-refractivity contribution in [2.24, 2.45) is 0 Å². The van der Waals surface area contributed by atoms with Gasteiger partial charge >= 0.3 is 8.25 Å². The van der Waals surface area contributed by atoms with E-state index in [0.717, 1.165) is 0 Å². The molecule has 0 aromatic rings. The van der Waals surface area contributed by atoms with Gasteiger partial charge in [0.25, 0.3) is 0 Å². The number of nitrogens with one attached hydrogen (secondary N) is 1. The maximum atomic E-state index is 8.74. The van der Waals surface area contributed by atoms with Crippen LogP contribution in [0, 0.1) is 0 Å². The highest BCUT2D eigenvalue weighted by Crippen LogP contribution is 1.98. The van der Waals surface area contributed by atoms with Crippen molar-refractivity contribution in [2.45, 2.75) is 19.3 Å². The Morgan fingerprint density at radius 2 is 1.50 bits per heavy atom. The predicted octanol–water partition coefficient (Wildman–Crippen LogP) is 0.121. The largest absolute Gasteiger partial charge is 0.326 e. The van der Waals surface area contributed by atoms with E-state index in [9.17, 15) is 0 Å². The average Bonchev–Trinajstić information content (AvgIpc) is 1.90. The fourth-order valence-corrected chi connectivity index (χ4v) is 0.802. The van der Waals surface area contributed by atoms with Crippen LogP contribution in [-0.4, -0.2) is 22.9 Å². The molecule has 5 heteroatoms. The second kappa shape index (κ2) is 7.22. The van der Waals surface area contributed by atoms with Crippen LogP contribution < -0.4 is 5.32 Å². The van der Waals surface area contributed by atoms with E-state index in [1.807, 2.05) is 0 Å². The van der Waals surface area contributed by atoms with Crippen LogP contribution in [0.2, 0.25) is 0 Å². The Labute approximate surface area is 61.2 Å². The zero-order valence-electron chi connectivity index (χ0n) is 5.84. The highest BCUT2D eigenvalue weighted by molar-refractivity contribution is 7.30. The minimum absolute atomic E-state index is 1.25. The van der Waals surface area contributed by atoms with Crippen molar-refractivity contribution in [3.05, 3.63) is 0 Å². The molecule has 0 saturated carbocycles. The van der Waals surface area contributed by atoms with Gasteiger partial charge in [0.1, 0.15) is 0 Å². The summed E-state index contributed by atoms with van der Waals surface area (Å²) in [5.74, 6) is 0. The van der Waals surface area contributed by atoms with Gasteiger partial charge in [-0.25, -0.2) is 0 Å². The van der Waals surface area contributed by atoms with Gasteiger partial charge in [-0.05, 0) is 25.9 Å². The molecule has 4 nitrogen and oxygen atoms in total. The Morgan fingerprint density at radius 3 is 1.60 bits per heavy atom. The first-order valence-electron chi connectivity index (χ1n) is 3.36. The van der Waals surface area contributed by atoms with Crippen LogP contribution in [0.5, 0.6) is 0 Å². The summed E-state index contributed by atoms with van der Waals surface area (Å²) in [6.45, 7) is 2.50. The van der Waals surface area contributed by atoms with Gasteiger partial charge in [0.05, 0.1) is 0 Å². The Morgan fingerprint density at radius 1 is 1.10 bits per heavy atom. The van der Waals surface area contributed by atoms with Gasteiger partial charge in [0.2, 0.25) is 0 Å². The van der Waals surface area contributed by atoms with Gasteiger partial charge in [-0.2, -0.15) is 0 Å². The maximum absolute atomic E-state index is 8.74. The lowest BCUT2D eigenvalue weighted by molar-refractivity contribution is 0.405. The normalized spacial score (nSPS) is 17.9. The molecule has 62 valence electrons. The summed E-state index contributed by atoms with van der Waals surface area (Å²) in [6, 6.07) is 0. The predicted molar refractivity (Wildman–Crippen MR) is 40.2 cm³/mol. The fourth-order valence-electron chi connectivity index (χ4n) is 0.802. The van der Waals surface area contributed by atoms with Gasteiger partial charge < -0.3 is 15.1 Å². The van der Waals surface area contributed by atoms with E-state index in [-0.39, 0.29) is 0 Å². The molecule has 0 radical (unpaired) electrons. The van der Waals surface area contributed by atoms with Crippen LogP contribution in [0.1, 0.15) is 19.3 Å². The number of rotatable bonds is 0. The second-order valence-electron chi connectivity index (χ2n) is 2.09. The molecule has 0 amide bonds. The number of hydrogen-bond acceptors (Lipinski definition) is 2. The highest BCUT2D eigenvalue weighted by atomic mass is 31.1. The molecule has 1 aliphatic rings. The molecule has 1 saturated heterocycles. The van der Waals surface area contributed by atoms with Crippen molar-refractivity contribution in [2.75, 3.05) is 13.1 Å². The van der Waals surface area contributed by atoms with Crippen molar-refractivity contribution in [1.82, 2.24) is 5.32 Å². The van der Waals surface area contributed by atoms with E-state index in [1.165, 1.54) is 32.4 Å². The topological polar surface area (TPSA) is 69.6 Å². The number of piperidine rings is 1. The quantitative estimate of drug-likeness (QED) is 0.448. The van der Waals surface area contributed by atoms with E-state index in [2.05, 4.69) is 5.32 Å². The van der Waals surface area contributed by atoms with Crippen LogP contribution in [0.15, 0.2) is 0 Å². The van der Waals surface area contributed by atoms with E-state index in [4.69, 9.17) is 14.4 Å². The van der Waals surface area contributed by atoms with Gasteiger partial charge in [-0.15, -0.1) is 0 Å². The van der Waals surface area contributed by atoms with Crippen molar-refractivity contribution in [1.29, 1.82) is 0 Å². The van der Waals surface area contributed by atoms with Crippen molar-refractivity contribution >= 4 is 8.25 Å². The molecule has 1 fully saturated rings. The van der Waals surface area contributed by atoms with Crippen LogP contribution in [0.4, 0.5) is 0 Å². The Balaban J connectivity index is 0.000000180. The summed E-state index contributed by atoms with van der Waals surface area (Å²) in [6.07, 6.45) is 4.22. The molecule has 0 aromatic carbocycles. The van der Waals surface area contributed by atoms with Gasteiger partial charge in [0.15, 0.2) is 0 Å². The fraction of sp³-hybridized carbons (Fsp3) is 1.00. The van der Waals surface area contributed by atoms with Crippen LogP contribution in [0.25, 0.3) is 0 Å². The Hall–Kier alpha value is 0.110. The molecular formula is C5H14NO3P. The average molecular weight is 167 g/mol. The highest BCUT2D eigenvalue weighted by Gasteiger charge is 1.93. The molecule has 0 aliphatic carbocycles. The van der Waals surface area contributed by atoms with Gasteiger partial charge in [-0.1, -0.05) is 6.42 Å². The molecule has 0 bridgehead atoms. The van der Waals surface area contributed by atoms with Crippen molar-refractivity contribution in [3.63, 3.8) is 0 Å². The van der Waals surface area contributed by atoms with Crippen molar-refractivity contribution in [3.8, 4) is 0 Å². The Kier molecular flexibility index (Phi) is 7.30. The van der Waals surface area contributed by atoms with E-state index in [1.54, 1.807) is 0 Å². The van der Waals surface area contributed by atoms with Crippen LogP contribution in [0.3, 0.4) is 0 Å². The van der Waals surface area contributed by atoms with Gasteiger partial charge in [-0.3, -0.25) is 4.57 Å². The van der Waals surface area contributed by atoms with Gasteiger partial charge in [0, 0.05) is 0 Å². The van der Waals surface area contributed by atoms with E-state index >= 15 is 0 Å². The van der Waals surface area contributed by atoms with E-state index in [0.29, 0.717) is 0 Å². The zero-order valence-corrected chi connectivity index (χ0v) is 6.84. The summed E-state index contributed by atoms with van der Waals surface area (Å²) in [5, 5.41) is 3.28. The molecule has 1 heterocycles. The monoisotopic (exact) mass is 167 g/mol. The first kappa shape index (κ1) is 10.1. The summed E-state index contributed by atoms with van der Waals surface area (Å²) in [4.78, 5) is 14.3. The molecule has 10 heavy (non-hydrogen) atoms. The Bertz CT molecular complexity index is 79.4. The maximum Gasteiger partial charge on any atom is 0.314 e. The number of hydrogen-bond donors (Lipinski definition) is 3. The summed E-state index contributed by atoms with van der Waals surface area (Å²) in [7, 11) is -3.13.